The molecule has 2 heteroatoms. The van der Waals surface area contributed by atoms with Gasteiger partial charge in [-0.2, -0.15) is 0 Å². The van der Waals surface area contributed by atoms with Crippen LogP contribution in [-0.2, 0) is 0 Å². The van der Waals surface area contributed by atoms with E-state index in [0.717, 1.165) is 16.8 Å². The normalized spacial score (nSPS) is 10.4. The summed E-state index contributed by atoms with van der Waals surface area (Å²) in [5.74, 6) is 0. The molecule has 0 unspecified atom stereocenters. The van der Waals surface area contributed by atoms with Crippen LogP contribution in [0.3, 0.4) is 0 Å². The number of rotatable bonds is 2. The van der Waals surface area contributed by atoms with Crippen LogP contribution in [0.4, 0.5) is 0 Å². The third-order valence-corrected chi connectivity index (χ3v) is 3.12. The van der Waals surface area contributed by atoms with Gasteiger partial charge >= 0.3 is 0 Å². The summed E-state index contributed by atoms with van der Waals surface area (Å²) in [4.78, 5) is 8.47. The fraction of sp³-hybridized carbons (Fsp3) is 0.0588. The molecule has 0 N–H and O–H groups in total. The van der Waals surface area contributed by atoms with Gasteiger partial charge in [0.25, 0.3) is 0 Å². The first-order chi connectivity index (χ1) is 9.33. The first-order valence-corrected chi connectivity index (χ1v) is 6.26. The van der Waals surface area contributed by atoms with Crippen molar-refractivity contribution < 1.29 is 0 Å². The molecule has 0 aliphatic heterocycles. The average Bonchev–Trinajstić information content (AvgIpc) is 2.49. The largest absolute Gasteiger partial charge is 0.264 e. The Bertz CT molecular complexity index is 656. The Hall–Kier alpha value is -2.48. The lowest BCUT2D eigenvalue weighted by Gasteiger charge is -2.04. The van der Waals surface area contributed by atoms with Crippen LogP contribution in [0, 0.1) is 6.92 Å². The molecular weight excluding hydrogens is 232 g/mol. The molecule has 0 saturated carbocycles. The summed E-state index contributed by atoms with van der Waals surface area (Å²) in [5.41, 5.74) is 5.67. The lowest BCUT2D eigenvalue weighted by molar-refractivity contribution is 1.20. The van der Waals surface area contributed by atoms with Crippen LogP contribution in [0.2, 0.25) is 0 Å². The Morgan fingerprint density at radius 3 is 1.84 bits per heavy atom. The second-order valence-electron chi connectivity index (χ2n) is 4.51. The quantitative estimate of drug-likeness (QED) is 0.679. The van der Waals surface area contributed by atoms with E-state index in [-0.39, 0.29) is 0 Å². The molecule has 2 nitrogen and oxygen atoms in total. The van der Waals surface area contributed by atoms with Crippen molar-refractivity contribution in [2.75, 3.05) is 0 Å². The summed E-state index contributed by atoms with van der Waals surface area (Å²) in [6.45, 7) is 2.00. The number of hydrogen-bond donors (Lipinski definition) is 0. The van der Waals surface area contributed by atoms with Gasteiger partial charge in [0.2, 0.25) is 0 Å². The highest BCUT2D eigenvalue weighted by atomic mass is 14.7. The molecule has 0 fully saturated rings. The van der Waals surface area contributed by atoms with Gasteiger partial charge in [-0.25, -0.2) is 0 Å². The first-order valence-electron chi connectivity index (χ1n) is 6.26. The maximum Gasteiger partial charge on any atom is 0.0373 e. The zero-order valence-electron chi connectivity index (χ0n) is 10.7. The smallest absolute Gasteiger partial charge is 0.0373 e. The van der Waals surface area contributed by atoms with Gasteiger partial charge in [-0.3, -0.25) is 9.97 Å². The Morgan fingerprint density at radius 2 is 1.32 bits per heavy atom. The molecule has 0 aliphatic carbocycles. The van der Waals surface area contributed by atoms with E-state index in [0.29, 0.717) is 0 Å². The van der Waals surface area contributed by atoms with Gasteiger partial charge in [0.05, 0.1) is 0 Å². The van der Waals surface area contributed by atoms with Gasteiger partial charge in [-0.15, -0.1) is 0 Å². The van der Waals surface area contributed by atoms with Crippen LogP contribution in [0.5, 0.6) is 0 Å². The summed E-state index contributed by atoms with van der Waals surface area (Å²) < 4.78 is 0. The highest BCUT2D eigenvalue weighted by Gasteiger charge is 2.00. The van der Waals surface area contributed by atoms with Gasteiger partial charge in [-0.1, -0.05) is 36.4 Å². The Labute approximate surface area is 112 Å². The van der Waals surface area contributed by atoms with Gasteiger partial charge in [0.15, 0.2) is 0 Å². The van der Waals surface area contributed by atoms with Crippen molar-refractivity contribution in [3.8, 4) is 22.3 Å². The van der Waals surface area contributed by atoms with Crippen molar-refractivity contribution >= 4 is 0 Å². The van der Waals surface area contributed by atoms with Crippen molar-refractivity contribution in [3.63, 3.8) is 0 Å². The van der Waals surface area contributed by atoms with Crippen LogP contribution in [0.15, 0.2) is 67.1 Å². The Kier molecular flexibility index (Phi) is 3.07. The molecule has 0 bridgehead atoms. The molecule has 0 spiro atoms. The molecule has 1 aromatic carbocycles. The fourth-order valence-corrected chi connectivity index (χ4v) is 2.03. The number of pyridine rings is 2. The summed E-state index contributed by atoms with van der Waals surface area (Å²) >= 11 is 0. The molecular formula is C17H14N2. The second-order valence-corrected chi connectivity index (χ2v) is 4.51. The number of hydrogen-bond acceptors (Lipinski definition) is 2. The third-order valence-electron chi connectivity index (χ3n) is 3.12. The minimum atomic E-state index is 1.04. The predicted octanol–water partition coefficient (Wildman–Crippen LogP) is 4.12. The second kappa shape index (κ2) is 5.02. The monoisotopic (exact) mass is 246 g/mol. The molecule has 2 aromatic heterocycles. The van der Waals surface area contributed by atoms with E-state index in [1.54, 1.807) is 6.20 Å². The standard InChI is InChI=1S/C17H14N2/c1-13-4-5-17(12-19-13)15-8-6-14(7-9-15)16-3-2-10-18-11-16/h2-12H,1H3. The van der Waals surface area contributed by atoms with E-state index in [9.17, 15) is 0 Å². The minimum Gasteiger partial charge on any atom is -0.264 e. The summed E-state index contributed by atoms with van der Waals surface area (Å²) in [7, 11) is 0. The summed E-state index contributed by atoms with van der Waals surface area (Å²) in [6.07, 6.45) is 5.58. The molecule has 2 heterocycles. The molecule has 0 saturated heterocycles. The van der Waals surface area contributed by atoms with Crippen LogP contribution >= 0.6 is 0 Å². The fourth-order valence-electron chi connectivity index (χ4n) is 2.03. The maximum atomic E-state index is 4.33. The average molecular weight is 246 g/mol. The summed E-state index contributed by atoms with van der Waals surface area (Å²) in [5, 5.41) is 0. The Morgan fingerprint density at radius 1 is 0.684 bits per heavy atom. The third kappa shape index (κ3) is 2.52. The molecule has 0 aliphatic rings. The predicted molar refractivity (Wildman–Crippen MR) is 77.6 cm³/mol. The van der Waals surface area contributed by atoms with E-state index in [4.69, 9.17) is 0 Å². The van der Waals surface area contributed by atoms with Crippen molar-refractivity contribution in [2.24, 2.45) is 0 Å². The Balaban J connectivity index is 1.93. The lowest BCUT2D eigenvalue weighted by Crippen LogP contribution is -1.84. The van der Waals surface area contributed by atoms with Crippen LogP contribution in [0.1, 0.15) is 5.69 Å². The molecule has 19 heavy (non-hydrogen) atoms. The zero-order valence-corrected chi connectivity index (χ0v) is 10.7. The molecule has 0 amide bonds. The van der Waals surface area contributed by atoms with Crippen molar-refractivity contribution in [1.29, 1.82) is 0 Å². The zero-order chi connectivity index (χ0) is 13.1. The van der Waals surface area contributed by atoms with Crippen LogP contribution < -0.4 is 0 Å². The molecule has 0 atom stereocenters. The maximum absolute atomic E-state index is 4.33. The number of aromatic nitrogens is 2. The SMILES string of the molecule is Cc1ccc(-c2ccc(-c3cccnc3)cc2)cn1. The van der Waals surface area contributed by atoms with E-state index >= 15 is 0 Å². The highest BCUT2D eigenvalue weighted by Crippen LogP contribution is 2.23. The number of benzene rings is 1. The lowest BCUT2D eigenvalue weighted by atomic mass is 10.0. The first kappa shape index (κ1) is 11.6. The molecule has 3 aromatic rings. The van der Waals surface area contributed by atoms with Crippen LogP contribution in [-0.4, -0.2) is 9.97 Å². The van der Waals surface area contributed by atoms with E-state index in [1.165, 1.54) is 11.1 Å². The molecule has 3 rings (SSSR count). The number of nitrogens with zero attached hydrogens (tertiary/aromatic N) is 2. The summed E-state index contributed by atoms with van der Waals surface area (Å²) in [6, 6.07) is 16.6. The van der Waals surface area contributed by atoms with Crippen molar-refractivity contribution in [2.45, 2.75) is 6.92 Å². The van der Waals surface area contributed by atoms with E-state index < -0.39 is 0 Å². The van der Waals surface area contributed by atoms with Gasteiger partial charge < -0.3 is 0 Å². The highest BCUT2D eigenvalue weighted by molar-refractivity contribution is 5.69. The van der Waals surface area contributed by atoms with Gasteiger partial charge in [-0.05, 0) is 35.7 Å². The van der Waals surface area contributed by atoms with Gasteiger partial charge in [0.1, 0.15) is 0 Å². The topological polar surface area (TPSA) is 25.8 Å². The van der Waals surface area contributed by atoms with E-state index in [1.807, 2.05) is 31.5 Å². The van der Waals surface area contributed by atoms with E-state index in [2.05, 4.69) is 46.4 Å². The van der Waals surface area contributed by atoms with Gasteiger partial charge in [0, 0.05) is 29.8 Å². The van der Waals surface area contributed by atoms with Crippen LogP contribution in [0.25, 0.3) is 22.3 Å². The number of aryl methyl sites for hydroxylation is 1. The molecule has 92 valence electrons. The van der Waals surface area contributed by atoms with Crippen molar-refractivity contribution in [1.82, 2.24) is 9.97 Å². The van der Waals surface area contributed by atoms with Crippen molar-refractivity contribution in [3.05, 3.63) is 72.8 Å². The molecule has 0 radical (unpaired) electrons. The minimum absolute atomic E-state index is 1.04.